The second-order valence-corrected chi connectivity index (χ2v) is 7.88. The van der Waals surface area contributed by atoms with Crippen molar-refractivity contribution in [3.05, 3.63) is 49.1 Å². The van der Waals surface area contributed by atoms with E-state index < -0.39 is 29.3 Å². The summed E-state index contributed by atoms with van der Waals surface area (Å²) >= 11 is 0. The summed E-state index contributed by atoms with van der Waals surface area (Å²) in [7, 11) is 0. The van der Waals surface area contributed by atoms with Gasteiger partial charge in [0.1, 0.15) is 6.04 Å². The summed E-state index contributed by atoms with van der Waals surface area (Å²) in [6, 6.07) is -0.873. The van der Waals surface area contributed by atoms with E-state index in [9.17, 15) is 19.2 Å². The van der Waals surface area contributed by atoms with Crippen molar-refractivity contribution in [2.45, 2.75) is 65.0 Å². The molecule has 0 aromatic rings. The molecule has 0 heterocycles. The molecular formula is C28H48N6O4. The molecule has 1 aliphatic rings. The molecule has 1 aliphatic carbocycles. The molecule has 4 amide bonds. The minimum absolute atomic E-state index is 0.252. The molecule has 0 bridgehead atoms. The normalized spacial score (nSPS) is 13.3. The fourth-order valence-electron chi connectivity index (χ4n) is 2.63. The minimum atomic E-state index is -1.17. The van der Waals surface area contributed by atoms with Crippen molar-refractivity contribution in [2.24, 2.45) is 11.5 Å². The SMILES string of the molecule is C#C.C=CCNC(=O)C(NC(=O)CNC(=O)CNC(=O)[C@](C)(N)CC=C)C1=CCCC=C1.CC.CCCN. The zero-order valence-electron chi connectivity index (χ0n) is 23.5. The number of hydrogen-bond acceptors (Lipinski definition) is 6. The van der Waals surface area contributed by atoms with Crippen molar-refractivity contribution in [3.63, 3.8) is 0 Å². The molecule has 2 atom stereocenters. The lowest BCUT2D eigenvalue weighted by molar-refractivity contribution is -0.130. The van der Waals surface area contributed by atoms with Gasteiger partial charge in [-0.3, -0.25) is 19.2 Å². The van der Waals surface area contributed by atoms with Gasteiger partial charge in [-0.25, -0.2) is 0 Å². The van der Waals surface area contributed by atoms with Crippen molar-refractivity contribution in [3.8, 4) is 12.8 Å². The van der Waals surface area contributed by atoms with Crippen LogP contribution in [-0.4, -0.2) is 61.4 Å². The van der Waals surface area contributed by atoms with Crippen LogP contribution in [0.1, 0.15) is 53.4 Å². The van der Waals surface area contributed by atoms with Crippen LogP contribution in [0.3, 0.4) is 0 Å². The molecule has 10 heteroatoms. The Balaban J connectivity index is -0.00000136. The van der Waals surface area contributed by atoms with Gasteiger partial charge in [0, 0.05) is 6.54 Å². The van der Waals surface area contributed by atoms with E-state index in [0.29, 0.717) is 5.57 Å². The molecule has 0 saturated heterocycles. The summed E-state index contributed by atoms with van der Waals surface area (Å²) in [6.07, 6.45) is 19.7. The highest BCUT2D eigenvalue weighted by Gasteiger charge is 2.27. The molecule has 38 heavy (non-hydrogen) atoms. The summed E-state index contributed by atoms with van der Waals surface area (Å²) in [4.78, 5) is 48.6. The van der Waals surface area contributed by atoms with Gasteiger partial charge >= 0.3 is 0 Å². The summed E-state index contributed by atoms with van der Waals surface area (Å²) in [5.74, 6) is -1.97. The van der Waals surface area contributed by atoms with Gasteiger partial charge in [-0.05, 0) is 44.7 Å². The van der Waals surface area contributed by atoms with Crippen LogP contribution in [-0.2, 0) is 19.2 Å². The number of carbonyl (C=O) groups excluding carboxylic acids is 4. The van der Waals surface area contributed by atoms with Crippen molar-refractivity contribution < 1.29 is 19.2 Å². The van der Waals surface area contributed by atoms with E-state index in [1.165, 1.54) is 19.1 Å². The van der Waals surface area contributed by atoms with Crippen molar-refractivity contribution >= 4 is 23.6 Å². The van der Waals surface area contributed by atoms with Gasteiger partial charge in [0.2, 0.25) is 23.6 Å². The summed E-state index contributed by atoms with van der Waals surface area (Å²) < 4.78 is 0. The average molecular weight is 533 g/mol. The first kappa shape index (κ1) is 38.8. The number of hydrogen-bond donors (Lipinski definition) is 6. The number of nitrogens with two attached hydrogens (primary N) is 2. The van der Waals surface area contributed by atoms with Gasteiger partial charge in [0.15, 0.2) is 0 Å². The van der Waals surface area contributed by atoms with Crippen LogP contribution in [0.4, 0.5) is 0 Å². The second-order valence-electron chi connectivity index (χ2n) is 7.88. The fraction of sp³-hybridized carbons (Fsp3) is 0.500. The van der Waals surface area contributed by atoms with E-state index >= 15 is 0 Å². The first-order chi connectivity index (χ1) is 18.1. The third-order valence-electron chi connectivity index (χ3n) is 4.58. The van der Waals surface area contributed by atoms with Crippen molar-refractivity contribution in [1.82, 2.24) is 21.3 Å². The van der Waals surface area contributed by atoms with Gasteiger partial charge in [0.05, 0.1) is 18.6 Å². The molecule has 0 spiro atoms. The number of carbonyl (C=O) groups is 4. The molecule has 0 fully saturated rings. The topological polar surface area (TPSA) is 168 Å². The maximum atomic E-state index is 12.4. The lowest BCUT2D eigenvalue weighted by Crippen LogP contribution is -2.54. The Morgan fingerprint density at radius 3 is 2.11 bits per heavy atom. The Morgan fingerprint density at radius 2 is 1.63 bits per heavy atom. The Kier molecular flexibility index (Phi) is 25.5. The van der Waals surface area contributed by atoms with E-state index in [1.807, 2.05) is 26.0 Å². The zero-order chi connectivity index (χ0) is 30.0. The number of allylic oxidation sites excluding steroid dienone is 2. The van der Waals surface area contributed by atoms with Crippen molar-refractivity contribution in [2.75, 3.05) is 26.2 Å². The number of terminal acetylenes is 1. The smallest absolute Gasteiger partial charge is 0.247 e. The van der Waals surface area contributed by atoms with Crippen LogP contribution in [0.25, 0.3) is 0 Å². The molecule has 0 aromatic carbocycles. The van der Waals surface area contributed by atoms with E-state index in [-0.39, 0.29) is 32.0 Å². The second kappa shape index (κ2) is 25.0. The molecule has 1 rings (SSSR count). The summed E-state index contributed by atoms with van der Waals surface area (Å²) in [5.41, 5.74) is 10.4. The van der Waals surface area contributed by atoms with Gasteiger partial charge in [0.25, 0.3) is 0 Å². The lowest BCUT2D eigenvalue weighted by atomic mass is 9.98. The third kappa shape index (κ3) is 18.6. The van der Waals surface area contributed by atoms with Gasteiger partial charge < -0.3 is 32.7 Å². The Bertz CT molecular complexity index is 813. The van der Waals surface area contributed by atoms with E-state index in [2.05, 4.69) is 54.2 Å². The van der Waals surface area contributed by atoms with Crippen LogP contribution in [0.15, 0.2) is 49.1 Å². The first-order valence-electron chi connectivity index (χ1n) is 12.7. The van der Waals surface area contributed by atoms with E-state index in [0.717, 1.165) is 25.8 Å². The molecule has 1 unspecified atom stereocenters. The van der Waals surface area contributed by atoms with Crippen LogP contribution in [0, 0.1) is 12.8 Å². The quantitative estimate of drug-likeness (QED) is 0.154. The highest BCUT2D eigenvalue weighted by molar-refractivity contribution is 5.94. The maximum Gasteiger partial charge on any atom is 0.247 e. The number of nitrogens with one attached hydrogen (secondary N) is 4. The van der Waals surface area contributed by atoms with Crippen LogP contribution in [0.2, 0.25) is 0 Å². The van der Waals surface area contributed by atoms with Gasteiger partial charge in [-0.1, -0.05) is 51.2 Å². The highest BCUT2D eigenvalue weighted by Crippen LogP contribution is 2.14. The molecule has 0 aliphatic heterocycles. The van der Waals surface area contributed by atoms with Crippen LogP contribution < -0.4 is 32.7 Å². The fourth-order valence-corrected chi connectivity index (χ4v) is 2.63. The molecule has 8 N–H and O–H groups in total. The average Bonchev–Trinajstić information content (AvgIpc) is 2.94. The minimum Gasteiger partial charge on any atom is -0.351 e. The molecule has 0 aromatic heterocycles. The standard InChI is InChI=1S/C21H31N5O4.C3H9N.C2H6.C2H2/c1-4-11-21(3,22)20(30)25-13-16(27)24-14-17(28)26-18(19(29)23-12-5-2)15-9-7-6-8-10-15;1-2-3-4;2*1-2/h4-5,7,9-10,18H,1-2,6,8,11-14,22H2,3H3,(H,23,29)(H,24,27)(H,25,30)(H,26,28);2-4H2,1H3;1-2H3;1-2H/t18?,21-;;;/m1.../s1. The van der Waals surface area contributed by atoms with E-state index in [4.69, 9.17) is 11.5 Å². The predicted octanol–water partition coefficient (Wildman–Crippen LogP) is 1.21. The molecule has 0 radical (unpaired) electrons. The largest absolute Gasteiger partial charge is 0.351 e. The Morgan fingerprint density at radius 1 is 1.05 bits per heavy atom. The monoisotopic (exact) mass is 532 g/mol. The summed E-state index contributed by atoms with van der Waals surface area (Å²) in [6.45, 7) is 15.1. The number of amides is 4. The Hall–Kier alpha value is -3.68. The number of rotatable bonds is 13. The van der Waals surface area contributed by atoms with E-state index in [1.54, 1.807) is 6.08 Å². The van der Waals surface area contributed by atoms with Crippen LogP contribution >= 0.6 is 0 Å². The first-order valence-corrected chi connectivity index (χ1v) is 12.7. The molecule has 10 nitrogen and oxygen atoms in total. The molecule has 0 saturated carbocycles. The third-order valence-corrected chi connectivity index (χ3v) is 4.58. The summed E-state index contributed by atoms with van der Waals surface area (Å²) in [5, 5.41) is 10.1. The molecule has 214 valence electrons. The Labute approximate surface area is 228 Å². The zero-order valence-corrected chi connectivity index (χ0v) is 23.5. The predicted molar refractivity (Wildman–Crippen MR) is 156 cm³/mol. The van der Waals surface area contributed by atoms with Crippen molar-refractivity contribution in [1.29, 1.82) is 0 Å². The maximum absolute atomic E-state index is 12.4. The molecular weight excluding hydrogens is 484 g/mol. The van der Waals surface area contributed by atoms with Crippen LogP contribution in [0.5, 0.6) is 0 Å². The lowest BCUT2D eigenvalue weighted by Gasteiger charge is -2.22. The highest BCUT2D eigenvalue weighted by atomic mass is 16.2. The van der Waals surface area contributed by atoms with Gasteiger partial charge in [-0.2, -0.15) is 0 Å². The van der Waals surface area contributed by atoms with Gasteiger partial charge in [-0.15, -0.1) is 26.0 Å².